The molecular weight excluding hydrogens is 550 g/mol. The van der Waals surface area contributed by atoms with Gasteiger partial charge in [-0.05, 0) is 61.3 Å². The average Bonchev–Trinajstić information content (AvgIpc) is 3.28. The maximum absolute atomic E-state index is 13.7. The van der Waals surface area contributed by atoms with Crippen LogP contribution < -0.4 is 4.74 Å². The third-order valence-corrected chi connectivity index (χ3v) is 9.36. The molecule has 2 atom stereocenters. The minimum Gasteiger partial charge on any atom is -0.496 e. The van der Waals surface area contributed by atoms with Crippen molar-refractivity contribution in [3.63, 3.8) is 0 Å². The maximum atomic E-state index is 13.7. The van der Waals surface area contributed by atoms with Gasteiger partial charge >= 0.3 is 12.4 Å². The van der Waals surface area contributed by atoms with Crippen LogP contribution in [0, 0.1) is 18.8 Å². The molecule has 214 valence electrons. The van der Waals surface area contributed by atoms with E-state index in [4.69, 9.17) is 8.85 Å². The first kappa shape index (κ1) is 25.2. The molecular formula is C26H28F6N2O4S. The van der Waals surface area contributed by atoms with E-state index in [1.807, 2.05) is 0 Å². The predicted molar refractivity (Wildman–Crippen MR) is 130 cm³/mol. The molecule has 1 aromatic heterocycles. The van der Waals surface area contributed by atoms with Crippen molar-refractivity contribution >= 4 is 15.7 Å². The van der Waals surface area contributed by atoms with Crippen LogP contribution in [0.2, 0.25) is 0 Å². The van der Waals surface area contributed by atoms with Gasteiger partial charge < -0.3 is 9.64 Å². The van der Waals surface area contributed by atoms with Crippen molar-refractivity contribution in [2.75, 3.05) is 25.1 Å². The molecule has 3 heterocycles. The number of ether oxygens (including phenoxy) is 1. The van der Waals surface area contributed by atoms with Crippen molar-refractivity contribution in [3.8, 4) is 5.75 Å². The Balaban J connectivity index is 1.72. The molecule has 2 aliphatic heterocycles. The summed E-state index contributed by atoms with van der Waals surface area (Å²) in [5.41, 5.74) is -3.26. The fraction of sp³-hybridized carbons (Fsp3) is 0.538. The molecule has 2 fully saturated rings. The molecule has 0 N–H and O–H groups in total. The first-order chi connectivity index (χ1) is 19.3. The number of sulfone groups is 1. The number of nitrogens with zero attached hydrogens (tertiary/aromatic N) is 2. The lowest BCUT2D eigenvalue weighted by Gasteiger charge is -2.35. The summed E-state index contributed by atoms with van der Waals surface area (Å²) >= 11 is 0. The van der Waals surface area contributed by atoms with Crippen LogP contribution in [0.25, 0.3) is 0 Å². The van der Waals surface area contributed by atoms with Gasteiger partial charge in [-0.1, -0.05) is 12.1 Å². The lowest BCUT2D eigenvalue weighted by molar-refractivity contribution is -0.144. The summed E-state index contributed by atoms with van der Waals surface area (Å²) in [6, 6.07) is 3.75. The summed E-state index contributed by atoms with van der Waals surface area (Å²) in [5, 5.41) is 0. The topological polar surface area (TPSA) is 76.6 Å². The van der Waals surface area contributed by atoms with E-state index in [1.54, 1.807) is 13.0 Å². The Kier molecular flexibility index (Phi) is 6.85. The number of amides is 1. The van der Waals surface area contributed by atoms with Crippen LogP contribution in [0.5, 0.6) is 5.75 Å². The highest BCUT2D eigenvalue weighted by Crippen LogP contribution is 2.47. The van der Waals surface area contributed by atoms with Gasteiger partial charge in [-0.3, -0.25) is 9.78 Å². The minimum atomic E-state index is -5.21. The molecule has 1 aromatic carbocycles. The Morgan fingerprint density at radius 3 is 2.44 bits per heavy atom. The summed E-state index contributed by atoms with van der Waals surface area (Å²) in [7, 11) is -6.01. The van der Waals surface area contributed by atoms with E-state index in [9.17, 15) is 39.6 Å². The van der Waals surface area contributed by atoms with E-state index in [-0.39, 0.29) is 47.9 Å². The molecule has 6 nitrogen and oxygen atoms in total. The molecule has 0 unspecified atom stereocenters. The van der Waals surface area contributed by atoms with Crippen molar-refractivity contribution in [1.82, 2.24) is 9.88 Å². The molecule has 2 aliphatic rings. The monoisotopic (exact) mass is 581 g/mol. The number of pyridine rings is 1. The summed E-state index contributed by atoms with van der Waals surface area (Å²) in [4.78, 5) is 18.3. The van der Waals surface area contributed by atoms with E-state index >= 15 is 0 Å². The third-order valence-electron chi connectivity index (χ3n) is 7.65. The second-order valence-corrected chi connectivity index (χ2v) is 12.2. The normalized spacial score (nSPS) is 23.7. The lowest BCUT2D eigenvalue weighted by atomic mass is 9.79. The highest BCUT2D eigenvalue weighted by atomic mass is 32.2. The standard InChI is InChI=1S/C26H28F6N2O4S/c1-15-18(4-3-5-22(15)38-2)24-19(16-7-10-39(36,37)11-8-16)6-9-34(24)23(35)13-21-20(26(30,31)32)12-17(14-33-21)25(27,28)29/h3-5,12,14,16,19,24H,6-11,13H2,1-2H3/t19-,24+/m0/s1/i2D3. The van der Waals surface area contributed by atoms with Crippen LogP contribution >= 0.6 is 0 Å². The SMILES string of the molecule is [2H]C([2H])([2H])Oc1cccc([C@@H]2[C@H](C3CCS(=O)(=O)CC3)CCN2C(=O)Cc2ncc(C(F)(F)F)cc2C(F)(F)F)c1C. The minimum absolute atomic E-state index is 0.0144. The Morgan fingerprint density at radius 2 is 1.82 bits per heavy atom. The van der Waals surface area contributed by atoms with Crippen LogP contribution in [-0.2, 0) is 33.4 Å². The van der Waals surface area contributed by atoms with E-state index < -0.39 is 64.4 Å². The van der Waals surface area contributed by atoms with Crippen LogP contribution in [-0.4, -0.2) is 49.3 Å². The van der Waals surface area contributed by atoms with E-state index in [1.165, 1.54) is 17.0 Å². The number of methoxy groups -OCH3 is 1. The van der Waals surface area contributed by atoms with Gasteiger partial charge in [-0.15, -0.1) is 0 Å². The number of carbonyl (C=O) groups is 1. The molecule has 13 heteroatoms. The summed E-state index contributed by atoms with van der Waals surface area (Å²) in [6.45, 7) is 1.67. The Labute approximate surface area is 226 Å². The van der Waals surface area contributed by atoms with Gasteiger partial charge in [0, 0.05) is 12.7 Å². The van der Waals surface area contributed by atoms with Crippen LogP contribution in [0.15, 0.2) is 30.5 Å². The van der Waals surface area contributed by atoms with Gasteiger partial charge in [0.2, 0.25) is 5.91 Å². The van der Waals surface area contributed by atoms with Crippen LogP contribution in [0.3, 0.4) is 0 Å². The quantitative estimate of drug-likeness (QED) is 0.443. The maximum Gasteiger partial charge on any atom is 0.418 e. The zero-order valence-electron chi connectivity index (χ0n) is 23.8. The summed E-state index contributed by atoms with van der Waals surface area (Å²) in [6.07, 6.45) is -9.94. The van der Waals surface area contributed by atoms with Crippen molar-refractivity contribution in [3.05, 3.63) is 58.4 Å². The van der Waals surface area contributed by atoms with E-state index in [2.05, 4.69) is 4.98 Å². The fourth-order valence-corrected chi connectivity index (χ4v) is 7.19. The van der Waals surface area contributed by atoms with Crippen LogP contribution in [0.4, 0.5) is 26.3 Å². The number of hydrogen-bond donors (Lipinski definition) is 0. The van der Waals surface area contributed by atoms with Gasteiger partial charge in [0.1, 0.15) is 15.6 Å². The van der Waals surface area contributed by atoms with Crippen molar-refractivity contribution in [2.24, 2.45) is 11.8 Å². The molecule has 2 saturated heterocycles. The van der Waals surface area contributed by atoms with Gasteiger partial charge in [-0.25, -0.2) is 8.42 Å². The Bertz CT molecular complexity index is 1430. The molecule has 2 aromatic rings. The number of halogens is 6. The van der Waals surface area contributed by atoms with Crippen molar-refractivity contribution in [1.29, 1.82) is 0 Å². The Hall–Kier alpha value is -2.83. The molecule has 0 spiro atoms. The van der Waals surface area contributed by atoms with Gasteiger partial charge in [-0.2, -0.15) is 26.3 Å². The number of alkyl halides is 6. The van der Waals surface area contributed by atoms with E-state index in [0.717, 1.165) is 0 Å². The summed E-state index contributed by atoms with van der Waals surface area (Å²) < 4.78 is 132. The average molecular weight is 582 g/mol. The fourth-order valence-electron chi connectivity index (χ4n) is 5.67. The number of aromatic nitrogens is 1. The second kappa shape index (κ2) is 10.6. The number of rotatable bonds is 5. The molecule has 0 radical (unpaired) electrons. The van der Waals surface area contributed by atoms with Crippen molar-refractivity contribution < 1.29 is 48.4 Å². The van der Waals surface area contributed by atoms with E-state index in [0.29, 0.717) is 30.4 Å². The largest absolute Gasteiger partial charge is 0.496 e. The summed E-state index contributed by atoms with van der Waals surface area (Å²) in [5.74, 6) is -1.38. The predicted octanol–water partition coefficient (Wildman–Crippen LogP) is 5.39. The number of carbonyl (C=O) groups excluding carboxylic acids is 1. The lowest BCUT2D eigenvalue weighted by Crippen LogP contribution is -2.37. The van der Waals surface area contributed by atoms with Crippen LogP contribution in [0.1, 0.15) is 57.4 Å². The smallest absolute Gasteiger partial charge is 0.418 e. The highest BCUT2D eigenvalue weighted by molar-refractivity contribution is 7.91. The molecule has 1 amide bonds. The number of benzene rings is 1. The molecule has 39 heavy (non-hydrogen) atoms. The number of likely N-dealkylation sites (tertiary alicyclic amines) is 1. The van der Waals surface area contributed by atoms with Gasteiger partial charge in [0.25, 0.3) is 0 Å². The molecule has 0 aliphatic carbocycles. The first-order valence-electron chi connectivity index (χ1n) is 13.7. The highest BCUT2D eigenvalue weighted by Gasteiger charge is 2.45. The third kappa shape index (κ3) is 6.17. The first-order valence-corrected chi connectivity index (χ1v) is 14.0. The zero-order valence-corrected chi connectivity index (χ0v) is 21.6. The Morgan fingerprint density at radius 1 is 1.13 bits per heavy atom. The number of hydrogen-bond acceptors (Lipinski definition) is 5. The van der Waals surface area contributed by atoms with Crippen molar-refractivity contribution in [2.45, 2.75) is 51.0 Å². The molecule has 0 bridgehead atoms. The van der Waals surface area contributed by atoms with Gasteiger partial charge in [0.15, 0.2) is 0 Å². The molecule has 0 saturated carbocycles. The second-order valence-electron chi connectivity index (χ2n) is 9.94. The van der Waals surface area contributed by atoms with Gasteiger partial charge in [0.05, 0.1) is 51.9 Å². The molecule has 4 rings (SSSR count). The zero-order chi connectivity index (χ0) is 31.3.